The molecule has 142 valence electrons. The summed E-state index contributed by atoms with van der Waals surface area (Å²) in [4.78, 5) is -0.485. The molecule has 2 heterocycles. The molecule has 0 amide bonds. The number of aromatic nitrogens is 4. The van der Waals surface area contributed by atoms with Crippen LogP contribution in [0, 0.1) is 0 Å². The Kier molecular flexibility index (Phi) is 4.36. The third kappa shape index (κ3) is 2.92. The summed E-state index contributed by atoms with van der Waals surface area (Å²) in [5, 5.41) is 11.6. The molecule has 2 aromatic heterocycles. The number of H-pyrrole nitrogens is 2. The van der Waals surface area contributed by atoms with Crippen LogP contribution in [0.4, 0.5) is 0 Å². The van der Waals surface area contributed by atoms with Crippen molar-refractivity contribution in [3.05, 3.63) is 73.1 Å². The first-order valence-electron chi connectivity index (χ1n) is 8.10. The number of hydrogen-bond acceptors (Lipinski definition) is 6. The van der Waals surface area contributed by atoms with Crippen molar-refractivity contribution >= 4 is 19.7 Å². The van der Waals surface area contributed by atoms with Gasteiger partial charge in [0.2, 0.25) is 19.7 Å². The van der Waals surface area contributed by atoms with E-state index in [0.717, 1.165) is 6.20 Å². The smallest absolute Gasteiger partial charge is 0.228 e. The largest absolute Gasteiger partial charge is 0.267 e. The number of nitrogens with zero attached hydrogens (tertiary/aromatic N) is 2. The highest BCUT2D eigenvalue weighted by Gasteiger charge is 2.34. The fraction of sp³-hybridized carbons (Fsp3) is 0. The van der Waals surface area contributed by atoms with Gasteiger partial charge in [0.05, 0.1) is 17.3 Å². The van der Waals surface area contributed by atoms with E-state index in [-0.39, 0.29) is 9.92 Å². The first-order valence-corrected chi connectivity index (χ1v) is 11.1. The third-order valence-electron chi connectivity index (χ3n) is 4.14. The number of benzene rings is 2. The van der Waals surface area contributed by atoms with Gasteiger partial charge in [0.15, 0.2) is 10.1 Å². The standard InChI is InChI=1S/C18H14N4O4S2/c23-27(24,14-9-5-2-6-10-14)18-16(12-20-22-18)28(25,26)17-15(11-19-21-17)13-7-3-1-4-8-13/h1-12H,(H,19,21)(H,20,22). The Bertz CT molecular complexity index is 1330. The predicted molar refractivity (Wildman–Crippen MR) is 100.0 cm³/mol. The molecule has 0 saturated heterocycles. The van der Waals surface area contributed by atoms with Gasteiger partial charge in [-0.3, -0.25) is 10.2 Å². The zero-order chi connectivity index (χ0) is 19.8. The van der Waals surface area contributed by atoms with Crippen molar-refractivity contribution < 1.29 is 16.8 Å². The number of aromatic amines is 2. The Hall–Kier alpha value is -3.24. The summed E-state index contributed by atoms with van der Waals surface area (Å²) in [7, 11) is -8.35. The van der Waals surface area contributed by atoms with Crippen LogP contribution >= 0.6 is 0 Å². The van der Waals surface area contributed by atoms with Gasteiger partial charge < -0.3 is 0 Å². The van der Waals surface area contributed by atoms with Crippen molar-refractivity contribution in [2.45, 2.75) is 19.8 Å². The fourth-order valence-electron chi connectivity index (χ4n) is 2.78. The van der Waals surface area contributed by atoms with E-state index in [9.17, 15) is 16.8 Å². The lowest BCUT2D eigenvalue weighted by Gasteiger charge is -2.07. The van der Waals surface area contributed by atoms with Crippen molar-refractivity contribution in [3.63, 3.8) is 0 Å². The van der Waals surface area contributed by atoms with Gasteiger partial charge in [-0.05, 0) is 17.7 Å². The van der Waals surface area contributed by atoms with E-state index < -0.39 is 29.6 Å². The molecule has 0 spiro atoms. The van der Waals surface area contributed by atoms with Crippen LogP contribution in [0.1, 0.15) is 0 Å². The second-order valence-corrected chi connectivity index (χ2v) is 9.60. The average Bonchev–Trinajstić information content (AvgIpc) is 3.40. The topological polar surface area (TPSA) is 126 Å². The quantitative estimate of drug-likeness (QED) is 0.517. The molecule has 0 aliphatic carbocycles. The normalized spacial score (nSPS) is 12.1. The Labute approximate surface area is 161 Å². The second-order valence-electron chi connectivity index (χ2n) is 5.86. The highest BCUT2D eigenvalue weighted by molar-refractivity contribution is 7.94. The molecule has 10 heteroatoms. The summed E-state index contributed by atoms with van der Waals surface area (Å²) in [6.45, 7) is 0. The van der Waals surface area contributed by atoms with E-state index in [0.29, 0.717) is 11.1 Å². The summed E-state index contributed by atoms with van der Waals surface area (Å²) in [6, 6.07) is 16.4. The molecule has 0 radical (unpaired) electrons. The van der Waals surface area contributed by atoms with E-state index >= 15 is 0 Å². The average molecular weight is 414 g/mol. The lowest BCUT2D eigenvalue weighted by Crippen LogP contribution is -2.11. The van der Waals surface area contributed by atoms with Gasteiger partial charge in [0, 0.05) is 5.56 Å². The van der Waals surface area contributed by atoms with Gasteiger partial charge in [-0.2, -0.15) is 10.2 Å². The van der Waals surface area contributed by atoms with Gasteiger partial charge in [0.1, 0.15) is 4.90 Å². The molecule has 0 bridgehead atoms. The number of sulfone groups is 2. The molecular formula is C18H14N4O4S2. The number of nitrogens with one attached hydrogen (secondary N) is 2. The van der Waals surface area contributed by atoms with E-state index in [1.54, 1.807) is 48.5 Å². The molecule has 8 nitrogen and oxygen atoms in total. The Balaban J connectivity index is 1.87. The minimum absolute atomic E-state index is 0.0383. The summed E-state index contributed by atoms with van der Waals surface area (Å²) in [5.41, 5.74) is 0.968. The zero-order valence-electron chi connectivity index (χ0n) is 14.3. The SMILES string of the molecule is O=S(=O)(c1ccccc1)c1[nH]ncc1S(=O)(=O)c1[nH]ncc1-c1ccccc1. The van der Waals surface area contributed by atoms with E-state index in [1.165, 1.54) is 18.3 Å². The highest BCUT2D eigenvalue weighted by atomic mass is 32.2. The predicted octanol–water partition coefficient (Wildman–Crippen LogP) is 2.47. The molecule has 0 aliphatic rings. The van der Waals surface area contributed by atoms with Crippen molar-refractivity contribution in [2.24, 2.45) is 0 Å². The minimum atomic E-state index is -4.24. The van der Waals surface area contributed by atoms with Crippen LogP contribution in [0.5, 0.6) is 0 Å². The lowest BCUT2D eigenvalue weighted by atomic mass is 10.1. The molecule has 28 heavy (non-hydrogen) atoms. The highest BCUT2D eigenvalue weighted by Crippen LogP contribution is 2.33. The molecule has 4 aromatic rings. The first kappa shape index (κ1) is 18.1. The molecule has 0 aliphatic heterocycles. The summed E-state index contributed by atoms with van der Waals surface area (Å²) >= 11 is 0. The van der Waals surface area contributed by atoms with Gasteiger partial charge in [-0.1, -0.05) is 48.5 Å². The van der Waals surface area contributed by atoms with Crippen molar-refractivity contribution in [1.29, 1.82) is 0 Å². The van der Waals surface area contributed by atoms with Gasteiger partial charge in [0.25, 0.3) is 0 Å². The third-order valence-corrected chi connectivity index (χ3v) is 7.75. The van der Waals surface area contributed by atoms with Crippen LogP contribution in [0.3, 0.4) is 0 Å². The molecule has 2 aromatic carbocycles. The van der Waals surface area contributed by atoms with E-state index in [4.69, 9.17) is 0 Å². The number of rotatable bonds is 5. The molecule has 0 atom stereocenters. The van der Waals surface area contributed by atoms with Crippen LogP contribution in [0.15, 0.2) is 92.9 Å². The fourth-order valence-corrected chi connectivity index (χ4v) is 6.01. The van der Waals surface area contributed by atoms with Crippen molar-refractivity contribution in [2.75, 3.05) is 0 Å². The monoisotopic (exact) mass is 414 g/mol. The first-order chi connectivity index (χ1) is 13.4. The van der Waals surface area contributed by atoms with E-state index in [1.807, 2.05) is 0 Å². The van der Waals surface area contributed by atoms with Crippen molar-refractivity contribution in [3.8, 4) is 11.1 Å². The Morgan fingerprint density at radius 3 is 1.89 bits per heavy atom. The zero-order valence-corrected chi connectivity index (χ0v) is 15.9. The molecule has 0 saturated carbocycles. The molecule has 4 rings (SSSR count). The van der Waals surface area contributed by atoms with E-state index in [2.05, 4.69) is 20.4 Å². The maximum absolute atomic E-state index is 13.3. The van der Waals surface area contributed by atoms with Gasteiger partial charge in [-0.25, -0.2) is 16.8 Å². The van der Waals surface area contributed by atoms with Crippen LogP contribution < -0.4 is 0 Å². The molecule has 0 unspecified atom stereocenters. The maximum Gasteiger partial charge on any atom is 0.228 e. The van der Waals surface area contributed by atoms with Crippen LogP contribution in [-0.4, -0.2) is 37.2 Å². The van der Waals surface area contributed by atoms with Gasteiger partial charge >= 0.3 is 0 Å². The van der Waals surface area contributed by atoms with Gasteiger partial charge in [-0.15, -0.1) is 0 Å². The minimum Gasteiger partial charge on any atom is -0.267 e. The molecule has 0 fully saturated rings. The Morgan fingerprint density at radius 1 is 0.643 bits per heavy atom. The second kappa shape index (κ2) is 6.73. The van der Waals surface area contributed by atoms with Crippen LogP contribution in [0.2, 0.25) is 0 Å². The van der Waals surface area contributed by atoms with Crippen LogP contribution in [0.25, 0.3) is 11.1 Å². The maximum atomic E-state index is 13.3. The Morgan fingerprint density at radius 2 is 1.21 bits per heavy atom. The summed E-state index contributed by atoms with van der Waals surface area (Å²) in [5.74, 6) is 0. The molecule has 2 N–H and O–H groups in total. The number of hydrogen-bond donors (Lipinski definition) is 2. The summed E-state index contributed by atoms with van der Waals surface area (Å²) < 4.78 is 52.4. The molecular weight excluding hydrogens is 400 g/mol. The van der Waals surface area contributed by atoms with Crippen LogP contribution in [-0.2, 0) is 19.7 Å². The summed E-state index contributed by atoms with van der Waals surface area (Å²) in [6.07, 6.45) is 2.37. The lowest BCUT2D eigenvalue weighted by molar-refractivity contribution is 0.578. The van der Waals surface area contributed by atoms with Crippen molar-refractivity contribution in [1.82, 2.24) is 20.4 Å².